The van der Waals surface area contributed by atoms with Crippen molar-refractivity contribution in [1.29, 1.82) is 0 Å². The lowest BCUT2D eigenvalue weighted by molar-refractivity contribution is 0.0692. The Morgan fingerprint density at radius 3 is 2.23 bits per heavy atom. The summed E-state index contributed by atoms with van der Waals surface area (Å²) in [5, 5.41) is 3.19. The van der Waals surface area contributed by atoms with Crippen molar-refractivity contribution in [2.24, 2.45) is 0 Å². The molecular formula is C24H26N4O3. The Morgan fingerprint density at radius 2 is 1.61 bits per heavy atom. The predicted octanol–water partition coefficient (Wildman–Crippen LogP) is 3.19. The number of nitrogens with one attached hydrogen (secondary N) is 2. The number of aromatic nitrogens is 2. The molecule has 1 fully saturated rings. The van der Waals surface area contributed by atoms with Gasteiger partial charge in [-0.05, 0) is 37.5 Å². The Bertz CT molecular complexity index is 1120. The second-order valence-electron chi connectivity index (χ2n) is 7.86. The summed E-state index contributed by atoms with van der Waals surface area (Å²) in [4.78, 5) is 42.6. The first-order valence-electron chi connectivity index (χ1n) is 10.5. The number of nitrogens with zero attached hydrogens (tertiary/aromatic N) is 2. The molecule has 1 atom stereocenters. The fourth-order valence-corrected chi connectivity index (χ4v) is 4.08. The highest BCUT2D eigenvalue weighted by Gasteiger charge is 2.26. The van der Waals surface area contributed by atoms with E-state index >= 15 is 0 Å². The molecule has 1 aromatic heterocycles. The van der Waals surface area contributed by atoms with E-state index in [-0.39, 0.29) is 23.6 Å². The van der Waals surface area contributed by atoms with Crippen LogP contribution < -0.4 is 16.6 Å². The van der Waals surface area contributed by atoms with Crippen molar-refractivity contribution in [1.82, 2.24) is 14.5 Å². The standard InChI is InChI=1S/C24H26N4O3/c1-17(18-8-4-2-5-9-18)25-21-16-22(29)28(24(31)26-21)20-12-14-27(15-13-20)23(30)19-10-6-3-7-11-19/h2-11,16-17,20,25H,12-15H2,1H3,(H,26,31)/t17-/m0/s1. The summed E-state index contributed by atoms with van der Waals surface area (Å²) in [6.45, 7) is 2.99. The van der Waals surface area contributed by atoms with Gasteiger partial charge in [-0.15, -0.1) is 0 Å². The van der Waals surface area contributed by atoms with E-state index < -0.39 is 5.69 Å². The van der Waals surface area contributed by atoms with Gasteiger partial charge in [0.05, 0.1) is 0 Å². The van der Waals surface area contributed by atoms with Crippen molar-refractivity contribution < 1.29 is 4.79 Å². The van der Waals surface area contributed by atoms with Crippen LogP contribution in [0.5, 0.6) is 0 Å². The molecule has 0 spiro atoms. The van der Waals surface area contributed by atoms with Crippen molar-refractivity contribution in [2.45, 2.75) is 31.8 Å². The zero-order valence-corrected chi connectivity index (χ0v) is 17.5. The molecule has 7 nitrogen and oxygen atoms in total. The summed E-state index contributed by atoms with van der Waals surface area (Å²) in [6, 6.07) is 20.1. The molecule has 1 amide bonds. The Morgan fingerprint density at radius 1 is 1.00 bits per heavy atom. The highest BCUT2D eigenvalue weighted by atomic mass is 16.2. The van der Waals surface area contributed by atoms with Crippen LogP contribution in [0.25, 0.3) is 0 Å². The number of hydrogen-bond acceptors (Lipinski definition) is 4. The lowest BCUT2D eigenvalue weighted by Gasteiger charge is -2.32. The smallest absolute Gasteiger partial charge is 0.330 e. The molecule has 0 bridgehead atoms. The molecule has 0 unspecified atom stereocenters. The molecule has 0 aliphatic carbocycles. The minimum Gasteiger partial charge on any atom is -0.365 e. The van der Waals surface area contributed by atoms with E-state index in [0.29, 0.717) is 37.3 Å². The fraction of sp³-hybridized carbons (Fsp3) is 0.292. The first-order chi connectivity index (χ1) is 15.0. The van der Waals surface area contributed by atoms with Crippen molar-refractivity contribution in [3.8, 4) is 0 Å². The van der Waals surface area contributed by atoms with Crippen LogP contribution in [0.1, 0.15) is 47.8 Å². The largest absolute Gasteiger partial charge is 0.365 e. The third-order valence-corrected chi connectivity index (χ3v) is 5.77. The van der Waals surface area contributed by atoms with Crippen LogP contribution in [0.4, 0.5) is 5.82 Å². The van der Waals surface area contributed by atoms with Gasteiger partial charge in [-0.1, -0.05) is 48.5 Å². The molecule has 1 aliphatic heterocycles. The summed E-state index contributed by atoms with van der Waals surface area (Å²) >= 11 is 0. The highest BCUT2D eigenvalue weighted by Crippen LogP contribution is 2.22. The number of rotatable bonds is 5. The molecule has 2 N–H and O–H groups in total. The van der Waals surface area contributed by atoms with Crippen molar-refractivity contribution in [2.75, 3.05) is 18.4 Å². The molecule has 7 heteroatoms. The van der Waals surface area contributed by atoms with Crippen LogP contribution in [-0.2, 0) is 0 Å². The lowest BCUT2D eigenvalue weighted by Crippen LogP contribution is -2.45. The Balaban J connectivity index is 1.44. The van der Waals surface area contributed by atoms with Crippen LogP contribution >= 0.6 is 0 Å². The molecule has 1 saturated heterocycles. The number of H-pyrrole nitrogens is 1. The molecule has 1 aliphatic rings. The maximum atomic E-state index is 12.7. The maximum Gasteiger partial charge on any atom is 0.330 e. The van der Waals surface area contributed by atoms with Gasteiger partial charge in [0.1, 0.15) is 5.82 Å². The summed E-state index contributed by atoms with van der Waals surface area (Å²) in [7, 11) is 0. The zero-order chi connectivity index (χ0) is 21.8. The first-order valence-corrected chi connectivity index (χ1v) is 10.5. The molecule has 160 valence electrons. The van der Waals surface area contributed by atoms with Gasteiger partial charge in [0.2, 0.25) is 0 Å². The van der Waals surface area contributed by atoms with Crippen LogP contribution in [0, 0.1) is 0 Å². The number of amides is 1. The number of benzene rings is 2. The monoisotopic (exact) mass is 418 g/mol. The van der Waals surface area contributed by atoms with Crippen molar-refractivity contribution in [3.63, 3.8) is 0 Å². The second-order valence-corrected chi connectivity index (χ2v) is 7.86. The average Bonchev–Trinajstić information content (AvgIpc) is 2.80. The van der Waals surface area contributed by atoms with Gasteiger partial charge >= 0.3 is 5.69 Å². The molecule has 31 heavy (non-hydrogen) atoms. The van der Waals surface area contributed by atoms with Gasteiger partial charge in [0.25, 0.3) is 11.5 Å². The number of carbonyl (C=O) groups excluding carboxylic acids is 1. The van der Waals surface area contributed by atoms with E-state index in [4.69, 9.17) is 0 Å². The fourth-order valence-electron chi connectivity index (χ4n) is 4.08. The van der Waals surface area contributed by atoms with Crippen LogP contribution in [0.15, 0.2) is 76.3 Å². The summed E-state index contributed by atoms with van der Waals surface area (Å²) in [5.41, 5.74) is 0.948. The molecule has 3 aromatic rings. The zero-order valence-electron chi connectivity index (χ0n) is 17.5. The van der Waals surface area contributed by atoms with E-state index in [1.807, 2.05) is 55.5 Å². The van der Waals surface area contributed by atoms with E-state index in [1.165, 1.54) is 10.6 Å². The SMILES string of the molecule is C[C@H](Nc1cc(=O)n(C2CCN(C(=O)c3ccccc3)CC2)c(=O)[nH]1)c1ccccc1. The predicted molar refractivity (Wildman–Crippen MR) is 120 cm³/mol. The molecule has 0 saturated carbocycles. The Kier molecular flexibility index (Phi) is 6.02. The van der Waals surface area contributed by atoms with E-state index in [0.717, 1.165) is 5.56 Å². The number of piperidine rings is 1. The highest BCUT2D eigenvalue weighted by molar-refractivity contribution is 5.94. The molecule has 4 rings (SSSR count). The maximum absolute atomic E-state index is 12.7. The van der Waals surface area contributed by atoms with E-state index in [1.54, 1.807) is 17.0 Å². The van der Waals surface area contributed by atoms with Gasteiger partial charge < -0.3 is 10.2 Å². The van der Waals surface area contributed by atoms with Gasteiger partial charge in [-0.2, -0.15) is 0 Å². The van der Waals surface area contributed by atoms with Crippen LogP contribution in [0.3, 0.4) is 0 Å². The van der Waals surface area contributed by atoms with Crippen LogP contribution in [0.2, 0.25) is 0 Å². The molecule has 2 aromatic carbocycles. The normalized spacial score (nSPS) is 15.5. The minimum atomic E-state index is -0.428. The average molecular weight is 418 g/mol. The van der Waals surface area contributed by atoms with Gasteiger partial charge in [-0.25, -0.2) is 4.79 Å². The molecule has 0 radical (unpaired) electrons. The minimum absolute atomic E-state index is 0.0187. The van der Waals surface area contributed by atoms with Crippen molar-refractivity contribution in [3.05, 3.63) is 98.7 Å². The van der Waals surface area contributed by atoms with E-state index in [9.17, 15) is 14.4 Å². The topological polar surface area (TPSA) is 87.2 Å². The quantitative estimate of drug-likeness (QED) is 0.666. The first kappa shape index (κ1) is 20.7. The second kappa shape index (κ2) is 9.04. The van der Waals surface area contributed by atoms with Gasteiger partial charge in [-0.3, -0.25) is 19.1 Å². The third kappa shape index (κ3) is 4.60. The van der Waals surface area contributed by atoms with Gasteiger partial charge in [0.15, 0.2) is 0 Å². The molecular weight excluding hydrogens is 392 g/mol. The number of anilines is 1. The van der Waals surface area contributed by atoms with Crippen LogP contribution in [-0.4, -0.2) is 33.4 Å². The Labute approximate surface area is 180 Å². The number of hydrogen-bond donors (Lipinski definition) is 2. The Hall–Kier alpha value is -3.61. The number of likely N-dealkylation sites (tertiary alicyclic amines) is 1. The van der Waals surface area contributed by atoms with Crippen molar-refractivity contribution >= 4 is 11.7 Å². The van der Waals surface area contributed by atoms with E-state index in [2.05, 4.69) is 10.3 Å². The lowest BCUT2D eigenvalue weighted by atomic mass is 10.0. The summed E-state index contributed by atoms with van der Waals surface area (Å²) < 4.78 is 1.28. The molecule has 2 heterocycles. The number of aromatic amines is 1. The summed E-state index contributed by atoms with van der Waals surface area (Å²) in [6.07, 6.45) is 1.13. The number of carbonyl (C=O) groups is 1. The summed E-state index contributed by atoms with van der Waals surface area (Å²) in [5.74, 6) is 0.383. The van der Waals surface area contributed by atoms with Gasteiger partial charge in [0, 0.05) is 36.8 Å². The third-order valence-electron chi connectivity index (χ3n) is 5.77.